The Bertz CT molecular complexity index is 826. The molecule has 148 valence electrons. The molecule has 3 rings (SSSR count). The Morgan fingerprint density at radius 2 is 1.70 bits per heavy atom. The Labute approximate surface area is 153 Å². The number of fused-ring (bicyclic) bond motifs is 1. The van der Waals surface area contributed by atoms with Crippen molar-refractivity contribution in [3.8, 4) is 0 Å². The Balaban J connectivity index is 1.72. The zero-order valence-electron chi connectivity index (χ0n) is 13.8. The van der Waals surface area contributed by atoms with Crippen LogP contribution in [0.15, 0.2) is 12.4 Å². The fourth-order valence-electron chi connectivity index (χ4n) is 2.88. The Kier molecular flexibility index (Phi) is 5.19. The first-order chi connectivity index (χ1) is 12.5. The predicted molar refractivity (Wildman–Crippen MR) is 86.6 cm³/mol. The molecule has 2 aromatic heterocycles. The molecule has 1 saturated heterocycles. The summed E-state index contributed by atoms with van der Waals surface area (Å²) in [6.45, 7) is 0.639. The Morgan fingerprint density at radius 1 is 1.04 bits per heavy atom. The average Bonchev–Trinajstić information content (AvgIpc) is 2.93. The quantitative estimate of drug-likeness (QED) is 0.726. The summed E-state index contributed by atoms with van der Waals surface area (Å²) in [5.41, 5.74) is 0. The van der Waals surface area contributed by atoms with Gasteiger partial charge in [-0.15, -0.1) is 11.3 Å². The van der Waals surface area contributed by atoms with Gasteiger partial charge in [0.05, 0.1) is 11.8 Å². The van der Waals surface area contributed by atoms with E-state index in [1.54, 1.807) is 4.90 Å². The second-order valence-electron chi connectivity index (χ2n) is 6.08. The number of amides is 1. The molecule has 0 N–H and O–H groups in total. The van der Waals surface area contributed by atoms with Gasteiger partial charge in [0.2, 0.25) is 5.91 Å². The first-order valence-corrected chi connectivity index (χ1v) is 8.73. The van der Waals surface area contributed by atoms with Gasteiger partial charge in [-0.2, -0.15) is 26.3 Å². The van der Waals surface area contributed by atoms with E-state index in [1.165, 1.54) is 12.4 Å². The van der Waals surface area contributed by atoms with Crippen molar-refractivity contribution in [3.05, 3.63) is 17.3 Å². The molecule has 0 spiro atoms. The molecule has 0 atom stereocenters. The van der Waals surface area contributed by atoms with Crippen molar-refractivity contribution in [2.45, 2.75) is 25.2 Å². The number of alkyl halides is 6. The summed E-state index contributed by atoms with van der Waals surface area (Å²) in [5, 5.41) is 0.469. The first kappa shape index (κ1) is 19.6. The number of thiophene rings is 1. The minimum Gasteiger partial charge on any atom is -0.352 e. The van der Waals surface area contributed by atoms with Crippen LogP contribution in [0.2, 0.25) is 0 Å². The van der Waals surface area contributed by atoms with Crippen LogP contribution in [0.25, 0.3) is 10.2 Å². The van der Waals surface area contributed by atoms with E-state index in [0.29, 0.717) is 16.0 Å². The average molecular weight is 412 g/mol. The van der Waals surface area contributed by atoms with Crippen LogP contribution in [-0.4, -0.2) is 59.3 Å². The van der Waals surface area contributed by atoms with Gasteiger partial charge < -0.3 is 9.80 Å². The predicted octanol–water partition coefficient (Wildman–Crippen LogP) is 3.40. The van der Waals surface area contributed by atoms with Crippen LogP contribution in [0, 0.1) is 0 Å². The maximum absolute atomic E-state index is 12.6. The van der Waals surface area contributed by atoms with Crippen LogP contribution in [0.5, 0.6) is 0 Å². The molecule has 0 bridgehead atoms. The van der Waals surface area contributed by atoms with Gasteiger partial charge >= 0.3 is 12.4 Å². The molecule has 0 radical (unpaired) electrons. The second kappa shape index (κ2) is 7.13. The molecule has 27 heavy (non-hydrogen) atoms. The highest BCUT2D eigenvalue weighted by molar-refractivity contribution is 7.18. The van der Waals surface area contributed by atoms with Gasteiger partial charge in [0.15, 0.2) is 0 Å². The fourth-order valence-corrected chi connectivity index (χ4v) is 3.90. The van der Waals surface area contributed by atoms with E-state index in [0.717, 1.165) is 16.2 Å². The van der Waals surface area contributed by atoms with Gasteiger partial charge in [0.1, 0.15) is 23.4 Å². The van der Waals surface area contributed by atoms with E-state index in [2.05, 4.69) is 9.97 Å². The normalized spacial score (nSPS) is 16.2. The minimum atomic E-state index is -4.56. The highest BCUT2D eigenvalue weighted by Crippen LogP contribution is 2.34. The highest BCUT2D eigenvalue weighted by atomic mass is 32.1. The Hall–Kier alpha value is -2.11. The molecule has 1 fully saturated rings. The number of aromatic nitrogens is 2. The zero-order valence-corrected chi connectivity index (χ0v) is 14.6. The van der Waals surface area contributed by atoms with Crippen molar-refractivity contribution in [3.63, 3.8) is 0 Å². The molecule has 12 heteroatoms. The number of rotatable bonds is 3. The third-order valence-corrected chi connectivity index (χ3v) is 5.06. The number of hydrogen-bond acceptors (Lipinski definition) is 5. The fraction of sp³-hybridized carbons (Fsp3) is 0.533. The van der Waals surface area contributed by atoms with E-state index in [1.807, 2.05) is 0 Å². The molecular weight excluding hydrogens is 398 g/mol. The summed E-state index contributed by atoms with van der Waals surface area (Å²) >= 11 is 0.927. The van der Waals surface area contributed by atoms with Crippen LogP contribution < -0.4 is 4.90 Å². The van der Waals surface area contributed by atoms with Crippen LogP contribution in [0.1, 0.15) is 11.3 Å². The van der Waals surface area contributed by atoms with Gasteiger partial charge in [-0.3, -0.25) is 4.79 Å². The number of carbonyl (C=O) groups excluding carboxylic acids is 1. The van der Waals surface area contributed by atoms with E-state index in [4.69, 9.17) is 0 Å². The number of nitrogens with zero attached hydrogens (tertiary/aromatic N) is 4. The van der Waals surface area contributed by atoms with Gasteiger partial charge in [-0.1, -0.05) is 0 Å². The molecule has 0 aromatic carbocycles. The topological polar surface area (TPSA) is 49.3 Å². The van der Waals surface area contributed by atoms with Crippen LogP contribution in [0.3, 0.4) is 0 Å². The van der Waals surface area contributed by atoms with Gasteiger partial charge in [-0.05, 0) is 6.07 Å². The number of hydrogen-bond donors (Lipinski definition) is 0. The second-order valence-corrected chi connectivity index (χ2v) is 7.20. The largest absolute Gasteiger partial charge is 0.397 e. The maximum Gasteiger partial charge on any atom is 0.397 e. The smallest absolute Gasteiger partial charge is 0.352 e. The summed E-state index contributed by atoms with van der Waals surface area (Å²) in [6, 6.07) is 1.39. The third-order valence-electron chi connectivity index (χ3n) is 4.02. The minimum absolute atomic E-state index is 0.0833. The first-order valence-electron chi connectivity index (χ1n) is 7.91. The maximum atomic E-state index is 12.6. The summed E-state index contributed by atoms with van der Waals surface area (Å²) < 4.78 is 74.8. The van der Waals surface area contributed by atoms with Crippen LogP contribution in [-0.2, 0) is 11.2 Å². The van der Waals surface area contributed by atoms with E-state index < -0.39 is 31.1 Å². The Morgan fingerprint density at radius 3 is 2.30 bits per heavy atom. The molecule has 0 saturated carbocycles. The van der Waals surface area contributed by atoms with E-state index in [-0.39, 0.29) is 31.1 Å². The molecule has 0 aliphatic carbocycles. The van der Waals surface area contributed by atoms with E-state index >= 15 is 0 Å². The lowest BCUT2D eigenvalue weighted by atomic mass is 10.2. The third kappa shape index (κ3) is 4.99. The summed E-state index contributed by atoms with van der Waals surface area (Å²) in [6.07, 6.45) is -10.2. The van der Waals surface area contributed by atoms with Crippen molar-refractivity contribution in [2.75, 3.05) is 31.1 Å². The monoisotopic (exact) mass is 412 g/mol. The summed E-state index contributed by atoms with van der Waals surface area (Å²) in [7, 11) is 0. The van der Waals surface area contributed by atoms with E-state index in [9.17, 15) is 31.1 Å². The molecule has 0 unspecified atom stereocenters. The molecular formula is C15H14F6N4OS. The number of anilines is 1. The number of carbonyl (C=O) groups is 1. The van der Waals surface area contributed by atoms with Crippen molar-refractivity contribution in [2.24, 2.45) is 0 Å². The number of piperazine rings is 1. The number of halogens is 6. The van der Waals surface area contributed by atoms with Crippen LogP contribution >= 0.6 is 11.3 Å². The zero-order chi connectivity index (χ0) is 19.8. The molecule has 2 aromatic rings. The van der Waals surface area contributed by atoms with Crippen molar-refractivity contribution >= 4 is 33.3 Å². The highest BCUT2D eigenvalue weighted by Gasteiger charge is 2.35. The molecule has 1 aliphatic heterocycles. The molecule has 1 aliphatic rings. The summed E-state index contributed by atoms with van der Waals surface area (Å²) in [4.78, 5) is 23.2. The van der Waals surface area contributed by atoms with Gasteiger partial charge in [0, 0.05) is 31.1 Å². The van der Waals surface area contributed by atoms with Crippen molar-refractivity contribution < 1.29 is 31.1 Å². The standard InChI is InChI=1S/C15H14F6N4OS/c16-14(17,18)6-9-5-10-12(22-8-23-13(10)27-9)25-3-1-24(2-4-25)11(26)7-15(19,20)21/h5,8H,1-4,6-7H2. The summed E-state index contributed by atoms with van der Waals surface area (Å²) in [5.74, 6) is -0.564. The molecule has 1 amide bonds. The van der Waals surface area contributed by atoms with Crippen molar-refractivity contribution in [1.29, 1.82) is 0 Å². The van der Waals surface area contributed by atoms with Crippen LogP contribution in [0.4, 0.5) is 32.2 Å². The molecule has 5 nitrogen and oxygen atoms in total. The van der Waals surface area contributed by atoms with Gasteiger partial charge in [-0.25, -0.2) is 9.97 Å². The lowest BCUT2D eigenvalue weighted by molar-refractivity contribution is -0.161. The van der Waals surface area contributed by atoms with Gasteiger partial charge in [0.25, 0.3) is 0 Å². The van der Waals surface area contributed by atoms with Crippen molar-refractivity contribution in [1.82, 2.24) is 14.9 Å². The SMILES string of the molecule is O=C(CC(F)(F)F)N1CCN(c2ncnc3sc(CC(F)(F)F)cc23)CC1. The lowest BCUT2D eigenvalue weighted by Crippen LogP contribution is -2.49. The molecule has 3 heterocycles. The lowest BCUT2D eigenvalue weighted by Gasteiger charge is -2.35.